The largest absolute Gasteiger partial charge is 0.497 e. The fourth-order valence-electron chi connectivity index (χ4n) is 1.50. The van der Waals surface area contributed by atoms with E-state index < -0.39 is 0 Å². The van der Waals surface area contributed by atoms with Gasteiger partial charge in [0.15, 0.2) is 0 Å². The number of aromatic nitrogens is 2. The molecule has 1 heterocycles. The van der Waals surface area contributed by atoms with Crippen molar-refractivity contribution in [1.29, 1.82) is 0 Å². The molecule has 0 saturated heterocycles. The van der Waals surface area contributed by atoms with Gasteiger partial charge >= 0.3 is 0 Å². The van der Waals surface area contributed by atoms with E-state index in [1.54, 1.807) is 31.5 Å². The first-order valence-electron chi connectivity index (χ1n) is 5.26. The zero-order valence-electron chi connectivity index (χ0n) is 10.1. The third kappa shape index (κ3) is 2.42. The van der Waals surface area contributed by atoms with Gasteiger partial charge in [-0.25, -0.2) is 0 Å². The first-order valence-corrected chi connectivity index (χ1v) is 5.26. The smallest absolute Gasteiger partial charge is 0.259 e. The zero-order valence-corrected chi connectivity index (χ0v) is 10.1. The van der Waals surface area contributed by atoms with Gasteiger partial charge in [-0.3, -0.25) is 9.89 Å². The van der Waals surface area contributed by atoms with E-state index in [0.717, 1.165) is 0 Å². The van der Waals surface area contributed by atoms with Crippen LogP contribution in [0.2, 0.25) is 0 Å². The maximum absolute atomic E-state index is 12.0. The highest BCUT2D eigenvalue weighted by molar-refractivity contribution is 6.06. The summed E-state index contributed by atoms with van der Waals surface area (Å²) in [5.41, 5.74) is 1.03. The van der Waals surface area contributed by atoms with Crippen LogP contribution < -0.4 is 14.8 Å². The molecule has 0 aliphatic carbocycles. The highest BCUT2D eigenvalue weighted by Crippen LogP contribution is 2.25. The van der Waals surface area contributed by atoms with Crippen LogP contribution in [0.25, 0.3) is 0 Å². The fourth-order valence-corrected chi connectivity index (χ4v) is 1.50. The number of nitrogens with one attached hydrogen (secondary N) is 2. The number of nitrogens with zero attached hydrogens (tertiary/aromatic N) is 1. The molecule has 1 aromatic heterocycles. The van der Waals surface area contributed by atoms with E-state index in [0.29, 0.717) is 22.7 Å². The maximum Gasteiger partial charge on any atom is 0.259 e. The van der Waals surface area contributed by atoms with E-state index in [1.807, 2.05) is 0 Å². The Hall–Kier alpha value is -2.50. The normalized spacial score (nSPS) is 9.89. The second-order valence-corrected chi connectivity index (χ2v) is 3.51. The number of methoxy groups -OCH3 is 2. The van der Waals surface area contributed by atoms with E-state index >= 15 is 0 Å². The van der Waals surface area contributed by atoms with Gasteiger partial charge in [0.2, 0.25) is 0 Å². The Morgan fingerprint density at radius 3 is 2.78 bits per heavy atom. The van der Waals surface area contributed by atoms with Crippen LogP contribution in [0.15, 0.2) is 30.6 Å². The van der Waals surface area contributed by atoms with Crippen molar-refractivity contribution in [2.75, 3.05) is 19.5 Å². The van der Waals surface area contributed by atoms with Crippen LogP contribution in [-0.4, -0.2) is 30.3 Å². The van der Waals surface area contributed by atoms with Gasteiger partial charge in [-0.15, -0.1) is 0 Å². The molecule has 0 unspecified atom stereocenters. The SMILES string of the molecule is COc1ccc(C(=O)Nc2cn[nH]c2)c(OC)c1. The molecule has 0 bridgehead atoms. The molecule has 2 N–H and O–H groups in total. The molecule has 94 valence electrons. The molecule has 2 aromatic rings. The van der Waals surface area contributed by atoms with Crippen molar-refractivity contribution in [2.45, 2.75) is 0 Å². The second-order valence-electron chi connectivity index (χ2n) is 3.51. The molecule has 0 spiro atoms. The van der Waals surface area contributed by atoms with Crippen molar-refractivity contribution in [3.8, 4) is 11.5 Å². The van der Waals surface area contributed by atoms with Crippen molar-refractivity contribution in [3.63, 3.8) is 0 Å². The average molecular weight is 247 g/mol. The summed E-state index contributed by atoms with van der Waals surface area (Å²) in [6.45, 7) is 0. The van der Waals surface area contributed by atoms with Gasteiger partial charge in [0.1, 0.15) is 11.5 Å². The minimum Gasteiger partial charge on any atom is -0.497 e. The van der Waals surface area contributed by atoms with Crippen LogP contribution in [-0.2, 0) is 0 Å². The van der Waals surface area contributed by atoms with Gasteiger partial charge in [-0.05, 0) is 12.1 Å². The zero-order chi connectivity index (χ0) is 13.0. The number of carbonyl (C=O) groups is 1. The molecular formula is C12H13N3O3. The summed E-state index contributed by atoms with van der Waals surface area (Å²) < 4.78 is 10.2. The molecule has 1 aromatic carbocycles. The Kier molecular flexibility index (Phi) is 3.47. The Bertz CT molecular complexity index is 538. The first kappa shape index (κ1) is 12.0. The number of H-pyrrole nitrogens is 1. The lowest BCUT2D eigenvalue weighted by atomic mass is 10.1. The number of carbonyl (C=O) groups excluding carboxylic acids is 1. The van der Waals surface area contributed by atoms with Crippen LogP contribution in [0, 0.1) is 0 Å². The molecule has 2 rings (SSSR count). The third-order valence-electron chi connectivity index (χ3n) is 2.41. The van der Waals surface area contributed by atoms with Crippen molar-refractivity contribution < 1.29 is 14.3 Å². The third-order valence-corrected chi connectivity index (χ3v) is 2.41. The Morgan fingerprint density at radius 2 is 2.17 bits per heavy atom. The van der Waals surface area contributed by atoms with Gasteiger partial charge in [-0.2, -0.15) is 5.10 Å². The number of hydrogen-bond donors (Lipinski definition) is 2. The molecule has 1 amide bonds. The maximum atomic E-state index is 12.0. The number of amides is 1. The van der Waals surface area contributed by atoms with Crippen molar-refractivity contribution in [2.24, 2.45) is 0 Å². The summed E-state index contributed by atoms with van der Waals surface area (Å²) in [6, 6.07) is 5.00. The molecule has 18 heavy (non-hydrogen) atoms. The van der Waals surface area contributed by atoms with E-state index in [4.69, 9.17) is 9.47 Å². The quantitative estimate of drug-likeness (QED) is 0.861. The molecule has 0 saturated carbocycles. The summed E-state index contributed by atoms with van der Waals surface area (Å²) in [6.07, 6.45) is 3.11. The molecule has 6 nitrogen and oxygen atoms in total. The van der Waals surface area contributed by atoms with Gasteiger partial charge in [0.25, 0.3) is 5.91 Å². The summed E-state index contributed by atoms with van der Waals surface area (Å²) in [4.78, 5) is 12.0. The molecule has 0 aliphatic rings. The highest BCUT2D eigenvalue weighted by Gasteiger charge is 2.13. The van der Waals surface area contributed by atoms with E-state index in [2.05, 4.69) is 15.5 Å². The van der Waals surface area contributed by atoms with Crippen LogP contribution in [0.5, 0.6) is 11.5 Å². The van der Waals surface area contributed by atoms with Crippen LogP contribution in [0.4, 0.5) is 5.69 Å². The summed E-state index contributed by atoms with van der Waals surface area (Å²) >= 11 is 0. The number of aromatic amines is 1. The molecule has 0 aliphatic heterocycles. The molecule has 0 atom stereocenters. The fraction of sp³-hybridized carbons (Fsp3) is 0.167. The van der Waals surface area contributed by atoms with E-state index in [1.165, 1.54) is 13.3 Å². The predicted molar refractivity (Wildman–Crippen MR) is 66.1 cm³/mol. The Balaban J connectivity index is 2.24. The Morgan fingerprint density at radius 1 is 1.33 bits per heavy atom. The number of ether oxygens (including phenoxy) is 2. The lowest BCUT2D eigenvalue weighted by Gasteiger charge is -2.09. The molecule has 6 heteroatoms. The standard InChI is InChI=1S/C12H13N3O3/c1-17-9-3-4-10(11(5-9)18-2)12(16)15-8-6-13-14-7-8/h3-7H,1-2H3,(H,13,14)(H,15,16). The molecular weight excluding hydrogens is 234 g/mol. The number of anilines is 1. The van der Waals surface area contributed by atoms with Gasteiger partial charge in [0, 0.05) is 12.3 Å². The van der Waals surface area contributed by atoms with E-state index in [-0.39, 0.29) is 5.91 Å². The summed E-state index contributed by atoms with van der Waals surface area (Å²) in [5, 5.41) is 9.06. The van der Waals surface area contributed by atoms with Crippen LogP contribution in [0.3, 0.4) is 0 Å². The monoisotopic (exact) mass is 247 g/mol. The van der Waals surface area contributed by atoms with Crippen LogP contribution >= 0.6 is 0 Å². The lowest BCUT2D eigenvalue weighted by molar-refractivity contribution is 0.102. The summed E-state index contributed by atoms with van der Waals surface area (Å²) in [5.74, 6) is 0.818. The molecule has 0 fully saturated rings. The first-order chi connectivity index (χ1) is 8.74. The van der Waals surface area contributed by atoms with Gasteiger partial charge < -0.3 is 14.8 Å². The minimum atomic E-state index is -0.268. The van der Waals surface area contributed by atoms with Gasteiger partial charge in [0.05, 0.1) is 31.7 Å². The van der Waals surface area contributed by atoms with Crippen molar-refractivity contribution in [1.82, 2.24) is 10.2 Å². The topological polar surface area (TPSA) is 76.2 Å². The number of rotatable bonds is 4. The summed E-state index contributed by atoms with van der Waals surface area (Å²) in [7, 11) is 3.06. The highest BCUT2D eigenvalue weighted by atomic mass is 16.5. The van der Waals surface area contributed by atoms with Crippen LogP contribution in [0.1, 0.15) is 10.4 Å². The van der Waals surface area contributed by atoms with E-state index in [9.17, 15) is 4.79 Å². The second kappa shape index (κ2) is 5.22. The Labute approximate surface area is 104 Å². The lowest BCUT2D eigenvalue weighted by Crippen LogP contribution is -2.12. The van der Waals surface area contributed by atoms with Crippen molar-refractivity contribution in [3.05, 3.63) is 36.2 Å². The van der Waals surface area contributed by atoms with Gasteiger partial charge in [-0.1, -0.05) is 0 Å². The van der Waals surface area contributed by atoms with Crippen molar-refractivity contribution >= 4 is 11.6 Å². The molecule has 0 radical (unpaired) electrons. The average Bonchev–Trinajstić information content (AvgIpc) is 2.90. The predicted octanol–water partition coefficient (Wildman–Crippen LogP) is 1.68. The number of benzene rings is 1. The number of hydrogen-bond acceptors (Lipinski definition) is 4. The minimum absolute atomic E-state index is 0.268.